The van der Waals surface area contributed by atoms with Gasteiger partial charge in [-0.25, -0.2) is 0 Å². The molecule has 3 nitrogen and oxygen atoms in total. The third kappa shape index (κ3) is 3.22. The normalized spacial score (nSPS) is 36.6. The molecule has 1 saturated heterocycles. The highest BCUT2D eigenvalue weighted by Gasteiger charge is 2.55. The van der Waals surface area contributed by atoms with E-state index in [2.05, 4.69) is 49.7 Å². The molecule has 3 heteroatoms. The molecule has 3 aliphatic rings. The highest BCUT2D eigenvalue weighted by molar-refractivity contribution is 5.75. The number of allylic oxidation sites excluding steroid dienone is 1. The molecule has 140 valence electrons. The molecule has 3 fully saturated rings. The summed E-state index contributed by atoms with van der Waals surface area (Å²) < 4.78 is 5.88. The fraction of sp³-hybridized carbons (Fsp3) is 0.609. The van der Waals surface area contributed by atoms with Crippen LogP contribution in [0, 0.1) is 23.2 Å². The van der Waals surface area contributed by atoms with Crippen molar-refractivity contribution in [1.29, 1.82) is 0 Å². The Labute approximate surface area is 157 Å². The zero-order valence-electron chi connectivity index (χ0n) is 16.1. The minimum absolute atomic E-state index is 0.00740. The lowest BCUT2D eigenvalue weighted by Crippen LogP contribution is -2.45. The van der Waals surface area contributed by atoms with E-state index >= 15 is 0 Å². The fourth-order valence-electron chi connectivity index (χ4n) is 5.76. The summed E-state index contributed by atoms with van der Waals surface area (Å²) in [6.45, 7) is 8.43. The lowest BCUT2D eigenvalue weighted by Gasteiger charge is -2.50. The Morgan fingerprint density at radius 2 is 2.08 bits per heavy atom. The SMILES string of the molecule is C=C1CCC[C@]2(C)C[C@H]3OC(=O)[C@@H](CN(C)Cc4ccccc4)[C@@H]3C[C@@H]12. The van der Waals surface area contributed by atoms with Crippen molar-refractivity contribution < 1.29 is 9.53 Å². The van der Waals surface area contributed by atoms with E-state index in [1.54, 1.807) is 0 Å². The van der Waals surface area contributed by atoms with Crippen LogP contribution in [0.3, 0.4) is 0 Å². The number of carbonyl (C=O) groups excluding carboxylic acids is 1. The fourth-order valence-corrected chi connectivity index (χ4v) is 5.76. The zero-order valence-corrected chi connectivity index (χ0v) is 16.1. The first-order chi connectivity index (χ1) is 12.5. The molecule has 0 N–H and O–H groups in total. The van der Waals surface area contributed by atoms with Gasteiger partial charge in [-0.3, -0.25) is 4.79 Å². The van der Waals surface area contributed by atoms with Gasteiger partial charge in [-0.1, -0.05) is 49.4 Å². The van der Waals surface area contributed by atoms with Gasteiger partial charge in [0.25, 0.3) is 0 Å². The molecule has 0 spiro atoms. The standard InChI is InChI=1S/C23H31NO2/c1-16-8-7-11-23(2)13-21-18(12-20(16)23)19(22(25)26-21)15-24(3)14-17-9-5-4-6-10-17/h4-6,9-10,18-21H,1,7-8,11-15H2,2-3H3/t18-,19-,20-,21+,23+/m0/s1. The second-order valence-electron chi connectivity index (χ2n) is 9.09. The minimum atomic E-state index is 0.00740. The van der Waals surface area contributed by atoms with Crippen LogP contribution in [0.2, 0.25) is 0 Å². The van der Waals surface area contributed by atoms with Gasteiger partial charge in [0.2, 0.25) is 0 Å². The van der Waals surface area contributed by atoms with Crippen molar-refractivity contribution in [2.45, 2.75) is 51.7 Å². The van der Waals surface area contributed by atoms with Crippen LogP contribution in [-0.2, 0) is 16.1 Å². The Hall–Kier alpha value is -1.61. The number of rotatable bonds is 4. The summed E-state index contributed by atoms with van der Waals surface area (Å²) in [6, 6.07) is 10.5. The van der Waals surface area contributed by atoms with E-state index in [1.165, 1.54) is 24.0 Å². The van der Waals surface area contributed by atoms with Gasteiger partial charge in [-0.15, -0.1) is 0 Å². The molecule has 0 unspecified atom stereocenters. The van der Waals surface area contributed by atoms with Crippen LogP contribution in [-0.4, -0.2) is 30.6 Å². The van der Waals surface area contributed by atoms with Gasteiger partial charge in [0.15, 0.2) is 0 Å². The average Bonchev–Trinajstić information content (AvgIpc) is 2.88. The van der Waals surface area contributed by atoms with Gasteiger partial charge in [-0.05, 0) is 56.0 Å². The Morgan fingerprint density at radius 3 is 2.85 bits per heavy atom. The van der Waals surface area contributed by atoms with Gasteiger partial charge in [0.1, 0.15) is 6.10 Å². The molecular formula is C23H31NO2. The monoisotopic (exact) mass is 353 g/mol. The van der Waals surface area contributed by atoms with Crippen LogP contribution in [0.5, 0.6) is 0 Å². The predicted octanol–water partition coefficient (Wildman–Crippen LogP) is 4.43. The number of hydrogen-bond donors (Lipinski definition) is 0. The van der Waals surface area contributed by atoms with Crippen molar-refractivity contribution in [1.82, 2.24) is 4.90 Å². The number of esters is 1. The molecule has 1 aliphatic heterocycles. The maximum Gasteiger partial charge on any atom is 0.310 e. The van der Waals surface area contributed by atoms with Gasteiger partial charge < -0.3 is 9.64 Å². The van der Waals surface area contributed by atoms with Gasteiger partial charge >= 0.3 is 5.97 Å². The van der Waals surface area contributed by atoms with E-state index < -0.39 is 0 Å². The first-order valence-electron chi connectivity index (χ1n) is 10.1. The van der Waals surface area contributed by atoms with Crippen molar-refractivity contribution in [3.05, 3.63) is 48.0 Å². The molecule has 0 aromatic heterocycles. The zero-order chi connectivity index (χ0) is 18.3. The summed E-state index contributed by atoms with van der Waals surface area (Å²) in [5, 5.41) is 0. The van der Waals surface area contributed by atoms with E-state index in [1.807, 2.05) is 6.07 Å². The van der Waals surface area contributed by atoms with E-state index in [0.29, 0.717) is 11.8 Å². The number of nitrogens with zero attached hydrogens (tertiary/aromatic N) is 1. The van der Waals surface area contributed by atoms with Crippen molar-refractivity contribution >= 4 is 5.97 Å². The van der Waals surface area contributed by atoms with E-state index in [4.69, 9.17) is 4.74 Å². The lowest BCUT2D eigenvalue weighted by molar-refractivity contribution is -0.146. The molecule has 4 rings (SSSR count). The molecule has 1 aromatic carbocycles. The molecular weight excluding hydrogens is 322 g/mol. The third-order valence-electron chi connectivity index (χ3n) is 7.12. The smallest absolute Gasteiger partial charge is 0.310 e. The maximum absolute atomic E-state index is 12.6. The van der Waals surface area contributed by atoms with E-state index in [9.17, 15) is 4.79 Å². The molecule has 26 heavy (non-hydrogen) atoms. The summed E-state index contributed by atoms with van der Waals surface area (Å²) in [5.41, 5.74) is 2.98. The van der Waals surface area contributed by atoms with E-state index in [0.717, 1.165) is 32.4 Å². The third-order valence-corrected chi connectivity index (χ3v) is 7.12. The Kier molecular flexibility index (Phi) is 4.68. The first kappa shape index (κ1) is 17.8. The first-order valence-corrected chi connectivity index (χ1v) is 10.1. The quantitative estimate of drug-likeness (QED) is 0.592. The highest BCUT2D eigenvalue weighted by atomic mass is 16.6. The predicted molar refractivity (Wildman–Crippen MR) is 103 cm³/mol. The summed E-state index contributed by atoms with van der Waals surface area (Å²) in [5.74, 6) is 0.948. The maximum atomic E-state index is 12.6. The van der Waals surface area contributed by atoms with Crippen LogP contribution in [0.1, 0.15) is 44.6 Å². The second-order valence-corrected chi connectivity index (χ2v) is 9.09. The Balaban J connectivity index is 1.46. The topological polar surface area (TPSA) is 29.5 Å². The summed E-state index contributed by atoms with van der Waals surface area (Å²) in [7, 11) is 2.11. The Morgan fingerprint density at radius 1 is 1.31 bits per heavy atom. The summed E-state index contributed by atoms with van der Waals surface area (Å²) in [6.07, 6.45) is 5.85. The van der Waals surface area contributed by atoms with Crippen LogP contribution >= 0.6 is 0 Å². The van der Waals surface area contributed by atoms with Gasteiger partial charge in [-0.2, -0.15) is 0 Å². The molecule has 5 atom stereocenters. The number of fused-ring (bicyclic) bond motifs is 2. The second kappa shape index (κ2) is 6.84. The van der Waals surface area contributed by atoms with Crippen molar-refractivity contribution in [2.75, 3.05) is 13.6 Å². The summed E-state index contributed by atoms with van der Waals surface area (Å²) >= 11 is 0. The molecule has 2 aliphatic carbocycles. The molecule has 1 heterocycles. The lowest BCUT2D eigenvalue weighted by atomic mass is 9.55. The Bertz CT molecular complexity index is 685. The number of ether oxygens (including phenoxy) is 1. The van der Waals surface area contributed by atoms with Crippen LogP contribution < -0.4 is 0 Å². The molecule has 1 aromatic rings. The van der Waals surface area contributed by atoms with Crippen LogP contribution in [0.25, 0.3) is 0 Å². The van der Waals surface area contributed by atoms with Gasteiger partial charge in [0.05, 0.1) is 5.92 Å². The van der Waals surface area contributed by atoms with Crippen molar-refractivity contribution in [3.8, 4) is 0 Å². The highest BCUT2D eigenvalue weighted by Crippen LogP contribution is 2.56. The average molecular weight is 354 g/mol. The minimum Gasteiger partial charge on any atom is -0.462 e. The largest absolute Gasteiger partial charge is 0.462 e. The van der Waals surface area contributed by atoms with E-state index in [-0.39, 0.29) is 23.4 Å². The molecule has 2 saturated carbocycles. The molecule has 0 amide bonds. The number of carbonyl (C=O) groups is 1. The number of benzene rings is 1. The van der Waals surface area contributed by atoms with Crippen molar-refractivity contribution in [2.24, 2.45) is 23.2 Å². The van der Waals surface area contributed by atoms with Gasteiger partial charge in [0, 0.05) is 19.0 Å². The van der Waals surface area contributed by atoms with Crippen molar-refractivity contribution in [3.63, 3.8) is 0 Å². The summed E-state index contributed by atoms with van der Waals surface area (Å²) in [4.78, 5) is 14.9. The number of hydrogen-bond acceptors (Lipinski definition) is 3. The molecule has 0 radical (unpaired) electrons. The molecule has 0 bridgehead atoms. The van der Waals surface area contributed by atoms with Crippen LogP contribution in [0.4, 0.5) is 0 Å². The van der Waals surface area contributed by atoms with Crippen LogP contribution in [0.15, 0.2) is 42.5 Å².